The molecular weight excluding hydrogens is 308 g/mol. The molecule has 8 heteroatoms. The summed E-state index contributed by atoms with van der Waals surface area (Å²) < 4.78 is 27.5. The number of rotatable bonds is 5. The molecule has 0 aromatic rings. The third-order valence-electron chi connectivity index (χ3n) is 4.12. The number of hydrogen-bond acceptors (Lipinski definition) is 6. The Kier molecular flexibility index (Phi) is 6.19. The van der Waals surface area contributed by atoms with Gasteiger partial charge in [0.25, 0.3) is 5.91 Å². The van der Waals surface area contributed by atoms with Gasteiger partial charge < -0.3 is 10.1 Å². The van der Waals surface area contributed by atoms with Crippen molar-refractivity contribution in [2.45, 2.75) is 38.1 Å². The zero-order valence-electron chi connectivity index (χ0n) is 12.8. The summed E-state index contributed by atoms with van der Waals surface area (Å²) in [7, 11) is -2.95. The largest absolute Gasteiger partial charge is 0.455 e. The van der Waals surface area contributed by atoms with Gasteiger partial charge in [0.05, 0.1) is 18.1 Å². The minimum atomic E-state index is -2.95. The summed E-state index contributed by atoms with van der Waals surface area (Å²) >= 11 is 0. The van der Waals surface area contributed by atoms with Gasteiger partial charge in [-0.2, -0.15) is 0 Å². The van der Waals surface area contributed by atoms with Crippen LogP contribution in [0.5, 0.6) is 0 Å². The van der Waals surface area contributed by atoms with E-state index in [0.717, 1.165) is 25.7 Å². The molecule has 22 heavy (non-hydrogen) atoms. The lowest BCUT2D eigenvalue weighted by atomic mass is 9.95. The second-order valence-electron chi connectivity index (χ2n) is 5.99. The van der Waals surface area contributed by atoms with Crippen LogP contribution in [0.2, 0.25) is 0 Å². The van der Waals surface area contributed by atoms with E-state index in [-0.39, 0.29) is 36.6 Å². The highest BCUT2D eigenvalue weighted by atomic mass is 32.2. The summed E-state index contributed by atoms with van der Waals surface area (Å²) in [5.74, 6) is -0.607. The fourth-order valence-electron chi connectivity index (χ4n) is 2.80. The molecule has 1 aliphatic heterocycles. The van der Waals surface area contributed by atoms with Gasteiger partial charge in [0.15, 0.2) is 16.4 Å². The van der Waals surface area contributed by atoms with E-state index in [0.29, 0.717) is 13.1 Å². The summed E-state index contributed by atoms with van der Waals surface area (Å²) in [4.78, 5) is 25.1. The van der Waals surface area contributed by atoms with Crippen molar-refractivity contribution in [3.8, 4) is 0 Å². The molecule has 0 unspecified atom stereocenters. The number of hydrogen-bond donors (Lipinski definition) is 1. The molecule has 1 aliphatic carbocycles. The highest BCUT2D eigenvalue weighted by Gasteiger charge is 2.24. The van der Waals surface area contributed by atoms with E-state index in [1.165, 1.54) is 6.42 Å². The Morgan fingerprint density at radius 1 is 1.09 bits per heavy atom. The van der Waals surface area contributed by atoms with E-state index in [4.69, 9.17) is 4.74 Å². The van der Waals surface area contributed by atoms with E-state index in [2.05, 4.69) is 5.32 Å². The van der Waals surface area contributed by atoms with Crippen molar-refractivity contribution in [3.63, 3.8) is 0 Å². The van der Waals surface area contributed by atoms with Gasteiger partial charge in [-0.15, -0.1) is 0 Å². The number of carbonyl (C=O) groups is 2. The highest BCUT2D eigenvalue weighted by molar-refractivity contribution is 7.91. The van der Waals surface area contributed by atoms with E-state index < -0.39 is 15.8 Å². The molecule has 7 nitrogen and oxygen atoms in total. The van der Waals surface area contributed by atoms with Crippen molar-refractivity contribution in [2.75, 3.05) is 37.7 Å². The maximum Gasteiger partial charge on any atom is 0.320 e. The smallest absolute Gasteiger partial charge is 0.320 e. The molecule has 126 valence electrons. The molecule has 0 spiro atoms. The lowest BCUT2D eigenvalue weighted by molar-refractivity contribution is -0.149. The van der Waals surface area contributed by atoms with Gasteiger partial charge in [0.1, 0.15) is 0 Å². The van der Waals surface area contributed by atoms with E-state index >= 15 is 0 Å². The highest BCUT2D eigenvalue weighted by Crippen LogP contribution is 2.17. The number of sulfone groups is 1. The predicted molar refractivity (Wildman–Crippen MR) is 81.1 cm³/mol. The number of carbonyl (C=O) groups excluding carboxylic acids is 2. The van der Waals surface area contributed by atoms with Crippen LogP contribution >= 0.6 is 0 Å². The third-order valence-corrected chi connectivity index (χ3v) is 5.73. The van der Waals surface area contributed by atoms with Crippen LogP contribution in [0.4, 0.5) is 0 Å². The Morgan fingerprint density at radius 3 is 2.36 bits per heavy atom. The van der Waals surface area contributed by atoms with Crippen LogP contribution in [0.3, 0.4) is 0 Å². The van der Waals surface area contributed by atoms with Gasteiger partial charge in [-0.1, -0.05) is 19.3 Å². The molecule has 1 N–H and O–H groups in total. The minimum Gasteiger partial charge on any atom is -0.455 e. The quantitative estimate of drug-likeness (QED) is 0.696. The van der Waals surface area contributed by atoms with Crippen LogP contribution in [0.15, 0.2) is 0 Å². The molecule has 2 rings (SSSR count). The van der Waals surface area contributed by atoms with Crippen molar-refractivity contribution in [2.24, 2.45) is 0 Å². The summed E-state index contributed by atoms with van der Waals surface area (Å²) in [5, 5.41) is 2.88. The topological polar surface area (TPSA) is 92.8 Å². The van der Waals surface area contributed by atoms with Gasteiger partial charge in [0, 0.05) is 19.1 Å². The van der Waals surface area contributed by atoms with Crippen LogP contribution < -0.4 is 5.32 Å². The van der Waals surface area contributed by atoms with E-state index in [1.54, 1.807) is 4.90 Å². The molecule has 1 heterocycles. The number of ether oxygens (including phenoxy) is 1. The average Bonchev–Trinajstić information content (AvgIpc) is 2.48. The zero-order chi connectivity index (χ0) is 16.0. The summed E-state index contributed by atoms with van der Waals surface area (Å²) in [6.07, 6.45) is 5.45. The Labute approximate surface area is 131 Å². The maximum absolute atomic E-state index is 11.7. The Hall–Kier alpha value is -1.15. The molecule has 1 saturated heterocycles. The van der Waals surface area contributed by atoms with E-state index in [9.17, 15) is 18.0 Å². The molecule has 0 aromatic carbocycles. The Bertz CT molecular complexity index is 485. The van der Waals surface area contributed by atoms with Crippen LogP contribution in [0.25, 0.3) is 0 Å². The normalized spacial score (nSPS) is 22.9. The molecule has 0 bridgehead atoms. The van der Waals surface area contributed by atoms with Crippen molar-refractivity contribution >= 4 is 21.7 Å². The molecule has 0 aromatic heterocycles. The van der Waals surface area contributed by atoms with Gasteiger partial charge in [0.2, 0.25) is 0 Å². The zero-order valence-corrected chi connectivity index (χ0v) is 13.6. The molecule has 0 atom stereocenters. The van der Waals surface area contributed by atoms with Crippen molar-refractivity contribution in [1.29, 1.82) is 0 Å². The fraction of sp³-hybridized carbons (Fsp3) is 0.857. The first-order valence-electron chi connectivity index (χ1n) is 7.82. The van der Waals surface area contributed by atoms with Gasteiger partial charge in [-0.25, -0.2) is 8.42 Å². The molecular formula is C14H24N2O5S. The monoisotopic (exact) mass is 332 g/mol. The number of esters is 1. The molecule has 2 fully saturated rings. The number of nitrogens with zero attached hydrogens (tertiary/aromatic N) is 1. The lowest BCUT2D eigenvalue weighted by Crippen LogP contribution is -2.44. The molecule has 2 aliphatic rings. The third kappa shape index (κ3) is 5.92. The summed E-state index contributed by atoms with van der Waals surface area (Å²) in [6, 6.07) is 0.201. The fourth-order valence-corrected chi connectivity index (χ4v) is 4.08. The van der Waals surface area contributed by atoms with Crippen LogP contribution in [-0.2, 0) is 24.2 Å². The number of nitrogens with one attached hydrogen (secondary N) is 1. The van der Waals surface area contributed by atoms with Gasteiger partial charge >= 0.3 is 5.97 Å². The van der Waals surface area contributed by atoms with Crippen molar-refractivity contribution in [3.05, 3.63) is 0 Å². The maximum atomic E-state index is 11.7. The average molecular weight is 332 g/mol. The first kappa shape index (κ1) is 17.2. The second kappa shape index (κ2) is 7.92. The SMILES string of the molecule is O=C(COC(=O)CN1CCS(=O)(=O)CC1)NC1CCCCC1. The van der Waals surface area contributed by atoms with Gasteiger partial charge in [-0.3, -0.25) is 14.5 Å². The molecule has 1 saturated carbocycles. The lowest BCUT2D eigenvalue weighted by Gasteiger charge is -2.25. The Balaban J connectivity index is 1.62. The summed E-state index contributed by atoms with van der Waals surface area (Å²) in [5.41, 5.74) is 0. The molecule has 0 radical (unpaired) electrons. The van der Waals surface area contributed by atoms with E-state index in [1.807, 2.05) is 0 Å². The first-order valence-corrected chi connectivity index (χ1v) is 9.64. The Morgan fingerprint density at radius 2 is 1.73 bits per heavy atom. The standard InChI is InChI=1S/C14H24N2O5S/c17-13(15-12-4-2-1-3-5-12)11-21-14(18)10-16-6-8-22(19,20)9-7-16/h12H,1-11H2,(H,15,17). The molecule has 1 amide bonds. The van der Waals surface area contributed by atoms with Crippen molar-refractivity contribution in [1.82, 2.24) is 10.2 Å². The number of amides is 1. The minimum absolute atomic E-state index is 0.0340. The van der Waals surface area contributed by atoms with Crippen LogP contribution in [-0.4, -0.2) is 69.0 Å². The van der Waals surface area contributed by atoms with Crippen LogP contribution in [0, 0.1) is 0 Å². The van der Waals surface area contributed by atoms with Gasteiger partial charge in [-0.05, 0) is 12.8 Å². The second-order valence-corrected chi connectivity index (χ2v) is 8.29. The summed E-state index contributed by atoms with van der Waals surface area (Å²) in [6.45, 7) is 0.450. The first-order chi connectivity index (χ1) is 10.4. The van der Waals surface area contributed by atoms with Crippen LogP contribution in [0.1, 0.15) is 32.1 Å². The predicted octanol–water partition coefficient (Wildman–Crippen LogP) is -0.291. The van der Waals surface area contributed by atoms with Crippen molar-refractivity contribution < 1.29 is 22.7 Å².